The maximum atomic E-state index is 12.6. The van der Waals surface area contributed by atoms with Crippen molar-refractivity contribution in [2.45, 2.75) is 78.4 Å². The second-order valence-electron chi connectivity index (χ2n) is 8.19. The van der Waals surface area contributed by atoms with Crippen molar-refractivity contribution in [3.63, 3.8) is 0 Å². The van der Waals surface area contributed by atoms with Gasteiger partial charge in [-0.3, -0.25) is 4.79 Å². The Morgan fingerprint density at radius 3 is 2.67 bits per heavy atom. The lowest BCUT2D eigenvalue weighted by atomic mass is 9.59. The summed E-state index contributed by atoms with van der Waals surface area (Å²) in [6.07, 6.45) is 6.37. The van der Waals surface area contributed by atoms with Crippen LogP contribution >= 0.6 is 0 Å². The molecule has 0 spiro atoms. The van der Waals surface area contributed by atoms with Crippen molar-refractivity contribution in [3.8, 4) is 0 Å². The SMILES string of the molecule is C=C[C@](C)(C[C@@H](OC)[C@]1(C)C2=C(CCC2=O)CC[C@@H]1C)[C@H](O)CC. The molecule has 0 radical (unpaired) electrons. The number of carbonyl (C=O) groups is 1. The molecule has 5 atom stereocenters. The predicted octanol–water partition coefficient (Wildman–Crippen LogP) is 4.45. The number of aliphatic hydroxyl groups excluding tert-OH is 1. The highest BCUT2D eigenvalue weighted by molar-refractivity contribution is 6.00. The van der Waals surface area contributed by atoms with Crippen LogP contribution in [0.2, 0.25) is 0 Å². The third-order valence-corrected chi connectivity index (χ3v) is 6.92. The monoisotopic (exact) mass is 334 g/mol. The van der Waals surface area contributed by atoms with Gasteiger partial charge >= 0.3 is 0 Å². The van der Waals surface area contributed by atoms with E-state index in [9.17, 15) is 9.90 Å². The van der Waals surface area contributed by atoms with Crippen molar-refractivity contribution in [1.29, 1.82) is 0 Å². The molecule has 0 aliphatic heterocycles. The van der Waals surface area contributed by atoms with Gasteiger partial charge in [0.05, 0.1) is 12.2 Å². The number of aliphatic hydroxyl groups is 1. The highest BCUT2D eigenvalue weighted by atomic mass is 16.5. The van der Waals surface area contributed by atoms with Gasteiger partial charge in [-0.25, -0.2) is 0 Å². The summed E-state index contributed by atoms with van der Waals surface area (Å²) in [5.74, 6) is 0.688. The smallest absolute Gasteiger partial charge is 0.159 e. The predicted molar refractivity (Wildman–Crippen MR) is 97.8 cm³/mol. The lowest BCUT2D eigenvalue weighted by molar-refractivity contribution is -0.119. The van der Waals surface area contributed by atoms with Crippen LogP contribution in [-0.4, -0.2) is 30.2 Å². The minimum atomic E-state index is -0.456. The number of ketones is 1. The number of carbonyl (C=O) groups excluding carboxylic acids is 1. The maximum Gasteiger partial charge on any atom is 0.159 e. The number of rotatable bonds is 7. The molecule has 0 saturated carbocycles. The Balaban J connectivity index is 2.42. The van der Waals surface area contributed by atoms with Crippen molar-refractivity contribution >= 4 is 5.78 Å². The second-order valence-corrected chi connectivity index (χ2v) is 8.19. The van der Waals surface area contributed by atoms with Gasteiger partial charge in [-0.2, -0.15) is 0 Å². The fourth-order valence-corrected chi connectivity index (χ4v) is 4.82. The molecule has 2 aliphatic rings. The van der Waals surface area contributed by atoms with Crippen LogP contribution in [0.1, 0.15) is 66.2 Å². The van der Waals surface area contributed by atoms with Crippen LogP contribution in [0.25, 0.3) is 0 Å². The Labute approximate surface area is 147 Å². The summed E-state index contributed by atoms with van der Waals surface area (Å²) in [7, 11) is 1.73. The summed E-state index contributed by atoms with van der Waals surface area (Å²) >= 11 is 0. The molecule has 0 fully saturated rings. The fraction of sp³-hybridized carbons (Fsp3) is 0.762. The molecule has 24 heavy (non-hydrogen) atoms. The van der Waals surface area contributed by atoms with Crippen molar-refractivity contribution < 1.29 is 14.6 Å². The van der Waals surface area contributed by atoms with Crippen molar-refractivity contribution in [1.82, 2.24) is 0 Å². The Bertz CT molecular complexity index is 535. The standard InChI is InChI=1S/C21H34O3/c1-7-17(23)20(4,8-2)13-18(24-6)21(5)14(3)9-10-15-11-12-16(22)19(15)21/h8,14,17-18,23H,2,7,9-13H2,1,3-6H3/t14-,17+,18+,20+,21+/m0/s1. The normalized spacial score (nSPS) is 32.2. The summed E-state index contributed by atoms with van der Waals surface area (Å²) in [6.45, 7) is 12.4. The Hall–Kier alpha value is -0.930. The number of hydrogen-bond acceptors (Lipinski definition) is 3. The number of methoxy groups -OCH3 is 1. The molecule has 3 heteroatoms. The summed E-state index contributed by atoms with van der Waals surface area (Å²) in [6, 6.07) is 0. The van der Waals surface area contributed by atoms with Crippen LogP contribution in [0, 0.1) is 16.7 Å². The van der Waals surface area contributed by atoms with E-state index in [4.69, 9.17) is 4.74 Å². The van der Waals surface area contributed by atoms with Crippen LogP contribution in [0.5, 0.6) is 0 Å². The lowest BCUT2D eigenvalue weighted by Crippen LogP contribution is -2.48. The molecule has 0 bridgehead atoms. The molecule has 136 valence electrons. The van der Waals surface area contributed by atoms with Gasteiger partial charge in [0, 0.05) is 29.9 Å². The molecule has 0 aromatic heterocycles. The summed E-state index contributed by atoms with van der Waals surface area (Å²) in [5.41, 5.74) is 1.68. The summed E-state index contributed by atoms with van der Waals surface area (Å²) in [5, 5.41) is 10.5. The van der Waals surface area contributed by atoms with E-state index in [1.807, 2.05) is 19.9 Å². The zero-order valence-electron chi connectivity index (χ0n) is 16.0. The Morgan fingerprint density at radius 1 is 1.46 bits per heavy atom. The molecule has 0 aromatic carbocycles. The molecule has 2 rings (SSSR count). The average molecular weight is 334 g/mol. The Kier molecular flexibility index (Phi) is 5.76. The van der Waals surface area contributed by atoms with Crippen molar-refractivity contribution in [2.24, 2.45) is 16.7 Å². The molecule has 1 N–H and O–H groups in total. The van der Waals surface area contributed by atoms with Gasteiger partial charge in [-0.15, -0.1) is 6.58 Å². The zero-order valence-corrected chi connectivity index (χ0v) is 16.0. The summed E-state index contributed by atoms with van der Waals surface area (Å²) in [4.78, 5) is 12.6. The lowest BCUT2D eigenvalue weighted by Gasteiger charge is -2.48. The van der Waals surface area contributed by atoms with E-state index in [1.54, 1.807) is 7.11 Å². The highest BCUT2D eigenvalue weighted by Crippen LogP contribution is 2.54. The summed E-state index contributed by atoms with van der Waals surface area (Å²) < 4.78 is 5.97. The van der Waals surface area contributed by atoms with Crippen molar-refractivity contribution in [2.75, 3.05) is 7.11 Å². The van der Waals surface area contributed by atoms with Gasteiger partial charge < -0.3 is 9.84 Å². The molecule has 0 unspecified atom stereocenters. The zero-order chi connectivity index (χ0) is 18.1. The van der Waals surface area contributed by atoms with E-state index in [1.165, 1.54) is 5.57 Å². The van der Waals surface area contributed by atoms with E-state index in [2.05, 4.69) is 20.4 Å². The maximum absolute atomic E-state index is 12.6. The average Bonchev–Trinajstić information content (AvgIpc) is 2.97. The first-order valence-corrected chi connectivity index (χ1v) is 9.34. The third kappa shape index (κ3) is 3.01. The molecule has 0 amide bonds. The van der Waals surface area contributed by atoms with Gasteiger partial charge in [0.15, 0.2) is 5.78 Å². The molecular weight excluding hydrogens is 300 g/mol. The fourth-order valence-electron chi connectivity index (χ4n) is 4.82. The van der Waals surface area contributed by atoms with E-state index in [0.29, 0.717) is 31.0 Å². The molecule has 2 aliphatic carbocycles. The molecular formula is C21H34O3. The van der Waals surface area contributed by atoms with Crippen LogP contribution in [0.3, 0.4) is 0 Å². The first-order valence-electron chi connectivity index (χ1n) is 9.34. The van der Waals surface area contributed by atoms with E-state index in [0.717, 1.165) is 24.8 Å². The molecule has 0 saturated heterocycles. The highest BCUT2D eigenvalue weighted by Gasteiger charge is 2.51. The van der Waals surface area contributed by atoms with Gasteiger partial charge in [-0.1, -0.05) is 39.3 Å². The first-order chi connectivity index (χ1) is 11.2. The molecule has 3 nitrogen and oxygen atoms in total. The molecule has 0 aromatic rings. The topological polar surface area (TPSA) is 46.5 Å². The number of hydrogen-bond donors (Lipinski definition) is 1. The van der Waals surface area contributed by atoms with Crippen LogP contribution in [0.15, 0.2) is 23.8 Å². The second kappa shape index (κ2) is 7.13. The minimum absolute atomic E-state index is 0.107. The largest absolute Gasteiger partial charge is 0.392 e. The van der Waals surface area contributed by atoms with Gasteiger partial charge in [0.2, 0.25) is 0 Å². The number of ether oxygens (including phenoxy) is 1. The van der Waals surface area contributed by atoms with Gasteiger partial charge in [-0.05, 0) is 38.0 Å². The van der Waals surface area contributed by atoms with Gasteiger partial charge in [0.1, 0.15) is 0 Å². The van der Waals surface area contributed by atoms with Gasteiger partial charge in [0.25, 0.3) is 0 Å². The van der Waals surface area contributed by atoms with E-state index in [-0.39, 0.29) is 11.5 Å². The number of Topliss-reactive ketones (excluding diaryl/α,β-unsaturated/α-hetero) is 1. The molecule has 0 heterocycles. The Morgan fingerprint density at radius 2 is 2.12 bits per heavy atom. The first kappa shape index (κ1) is 19.4. The number of allylic oxidation sites excluding steroid dienone is 1. The van der Waals surface area contributed by atoms with Crippen molar-refractivity contribution in [3.05, 3.63) is 23.8 Å². The minimum Gasteiger partial charge on any atom is -0.392 e. The van der Waals surface area contributed by atoms with Crippen LogP contribution in [0.4, 0.5) is 0 Å². The quantitative estimate of drug-likeness (QED) is 0.700. The van der Waals surface area contributed by atoms with E-state index >= 15 is 0 Å². The van der Waals surface area contributed by atoms with Crippen LogP contribution in [-0.2, 0) is 9.53 Å². The van der Waals surface area contributed by atoms with Crippen LogP contribution < -0.4 is 0 Å². The third-order valence-electron chi connectivity index (χ3n) is 6.92. The van der Waals surface area contributed by atoms with E-state index < -0.39 is 11.5 Å².